The average Bonchev–Trinajstić information content (AvgIpc) is 2.41. The summed E-state index contributed by atoms with van der Waals surface area (Å²) in [5, 5.41) is 8.89. The Kier molecular flexibility index (Phi) is 4.55. The summed E-state index contributed by atoms with van der Waals surface area (Å²) in [6, 6.07) is 7.50. The summed E-state index contributed by atoms with van der Waals surface area (Å²) >= 11 is 3.33. The van der Waals surface area contributed by atoms with Crippen molar-refractivity contribution in [3.63, 3.8) is 0 Å². The topological polar surface area (TPSA) is 66.8 Å². The molecule has 6 heteroatoms. The lowest BCUT2D eigenvalue weighted by Gasteiger charge is -2.31. The molecule has 1 aromatic carbocycles. The maximum absolute atomic E-state index is 12.1. The van der Waals surface area contributed by atoms with Crippen LogP contribution in [0.25, 0.3) is 0 Å². The number of hydrogen-bond donors (Lipinski definition) is 1. The molecule has 19 heavy (non-hydrogen) atoms. The van der Waals surface area contributed by atoms with Gasteiger partial charge in [0.2, 0.25) is 5.91 Å². The minimum absolute atomic E-state index is 0.0723. The summed E-state index contributed by atoms with van der Waals surface area (Å²) < 4.78 is 6.05. The zero-order chi connectivity index (χ0) is 13.8. The molecule has 0 aromatic heterocycles. The Labute approximate surface area is 119 Å². The summed E-state index contributed by atoms with van der Waals surface area (Å²) in [5.74, 6) is -1.10. The predicted octanol–water partition coefficient (Wildman–Crippen LogP) is 1.30. The Morgan fingerprint density at radius 3 is 2.68 bits per heavy atom. The molecule has 0 saturated carbocycles. The van der Waals surface area contributed by atoms with Crippen molar-refractivity contribution in [3.8, 4) is 0 Å². The predicted molar refractivity (Wildman–Crippen MR) is 71.8 cm³/mol. The summed E-state index contributed by atoms with van der Waals surface area (Å²) in [6.07, 6.45) is -0.637. The molecule has 0 spiro atoms. The molecule has 1 N–H and O–H groups in total. The molecule has 102 valence electrons. The van der Waals surface area contributed by atoms with Crippen LogP contribution in [-0.4, -0.2) is 47.7 Å². The van der Waals surface area contributed by atoms with Crippen LogP contribution < -0.4 is 0 Å². The lowest BCUT2D eigenvalue weighted by molar-refractivity contribution is -0.159. The number of carboxylic acids is 1. The van der Waals surface area contributed by atoms with Crippen LogP contribution in [0.3, 0.4) is 0 Å². The molecular formula is C13H14BrNO4. The number of hydrogen-bond acceptors (Lipinski definition) is 3. The molecule has 1 heterocycles. The highest BCUT2D eigenvalue weighted by Gasteiger charge is 2.28. The molecule has 0 aliphatic carbocycles. The molecule has 0 radical (unpaired) electrons. The van der Waals surface area contributed by atoms with E-state index in [9.17, 15) is 9.59 Å². The fourth-order valence-corrected chi connectivity index (χ4v) is 2.18. The van der Waals surface area contributed by atoms with E-state index in [1.807, 2.05) is 24.3 Å². The molecule has 1 aliphatic heterocycles. The number of carbonyl (C=O) groups is 2. The van der Waals surface area contributed by atoms with Crippen molar-refractivity contribution in [1.29, 1.82) is 0 Å². The number of ether oxygens (including phenoxy) is 1. The van der Waals surface area contributed by atoms with Gasteiger partial charge in [0.1, 0.15) is 0 Å². The quantitative estimate of drug-likeness (QED) is 0.908. The van der Waals surface area contributed by atoms with Gasteiger partial charge in [0.15, 0.2) is 6.10 Å². The molecule has 1 unspecified atom stereocenters. The van der Waals surface area contributed by atoms with Gasteiger partial charge in [0.05, 0.1) is 19.6 Å². The Morgan fingerprint density at radius 2 is 2.05 bits per heavy atom. The van der Waals surface area contributed by atoms with E-state index in [1.165, 1.54) is 0 Å². The highest BCUT2D eigenvalue weighted by Crippen LogP contribution is 2.13. The molecule has 1 fully saturated rings. The smallest absolute Gasteiger partial charge is 0.334 e. The van der Waals surface area contributed by atoms with Gasteiger partial charge in [-0.15, -0.1) is 0 Å². The third-order valence-corrected chi connectivity index (χ3v) is 3.49. The molecule has 5 nitrogen and oxygen atoms in total. The number of carbonyl (C=O) groups excluding carboxylic acids is 1. The standard InChI is InChI=1S/C13H14BrNO4/c14-10-3-1-9(2-4-10)7-12(16)15-5-6-19-11(8-15)13(17)18/h1-4,11H,5-8H2,(H,17,18). The zero-order valence-corrected chi connectivity index (χ0v) is 11.8. The van der Waals surface area contributed by atoms with E-state index in [1.54, 1.807) is 4.90 Å². The van der Waals surface area contributed by atoms with Crippen molar-refractivity contribution < 1.29 is 19.4 Å². The minimum atomic E-state index is -1.03. The van der Waals surface area contributed by atoms with Gasteiger partial charge in [0.25, 0.3) is 0 Å². The van der Waals surface area contributed by atoms with Gasteiger partial charge in [-0.05, 0) is 17.7 Å². The van der Waals surface area contributed by atoms with Crippen LogP contribution in [0.5, 0.6) is 0 Å². The normalized spacial score (nSPS) is 19.2. The number of aliphatic carboxylic acids is 1. The molecule has 1 aliphatic rings. The average molecular weight is 328 g/mol. The SMILES string of the molecule is O=C(O)C1CN(C(=O)Cc2ccc(Br)cc2)CCO1. The first-order valence-electron chi connectivity index (χ1n) is 5.93. The van der Waals surface area contributed by atoms with Gasteiger partial charge in [-0.2, -0.15) is 0 Å². The van der Waals surface area contributed by atoms with Crippen molar-refractivity contribution in [2.24, 2.45) is 0 Å². The molecule has 1 aromatic rings. The second-order valence-electron chi connectivity index (χ2n) is 4.34. The molecule has 1 atom stereocenters. The van der Waals surface area contributed by atoms with Gasteiger partial charge in [0, 0.05) is 11.0 Å². The van der Waals surface area contributed by atoms with Gasteiger partial charge in [-0.25, -0.2) is 4.79 Å². The van der Waals surface area contributed by atoms with Crippen LogP contribution in [0.15, 0.2) is 28.7 Å². The highest BCUT2D eigenvalue weighted by atomic mass is 79.9. The van der Waals surface area contributed by atoms with Crippen LogP contribution >= 0.6 is 15.9 Å². The Bertz CT molecular complexity index is 474. The zero-order valence-electron chi connectivity index (χ0n) is 10.2. The van der Waals surface area contributed by atoms with Gasteiger partial charge in [-0.1, -0.05) is 28.1 Å². The fraction of sp³-hybridized carbons (Fsp3) is 0.385. The summed E-state index contributed by atoms with van der Waals surface area (Å²) in [4.78, 5) is 24.5. The van der Waals surface area contributed by atoms with Crippen molar-refractivity contribution >= 4 is 27.8 Å². The number of benzene rings is 1. The van der Waals surface area contributed by atoms with Gasteiger partial charge in [-0.3, -0.25) is 4.79 Å². The Morgan fingerprint density at radius 1 is 1.37 bits per heavy atom. The van der Waals surface area contributed by atoms with Crippen molar-refractivity contribution in [3.05, 3.63) is 34.3 Å². The first-order valence-corrected chi connectivity index (χ1v) is 6.72. The monoisotopic (exact) mass is 327 g/mol. The number of rotatable bonds is 3. The Balaban J connectivity index is 1.96. The third kappa shape index (κ3) is 3.78. The van der Waals surface area contributed by atoms with E-state index >= 15 is 0 Å². The van der Waals surface area contributed by atoms with E-state index < -0.39 is 12.1 Å². The molecular weight excluding hydrogens is 314 g/mol. The van der Waals surface area contributed by atoms with Gasteiger partial charge >= 0.3 is 5.97 Å². The van der Waals surface area contributed by atoms with E-state index in [2.05, 4.69) is 15.9 Å². The van der Waals surface area contributed by atoms with E-state index in [0.717, 1.165) is 10.0 Å². The second kappa shape index (κ2) is 6.16. The van der Waals surface area contributed by atoms with Crippen molar-refractivity contribution in [2.75, 3.05) is 19.7 Å². The third-order valence-electron chi connectivity index (χ3n) is 2.96. The number of nitrogens with zero attached hydrogens (tertiary/aromatic N) is 1. The maximum Gasteiger partial charge on any atom is 0.334 e. The second-order valence-corrected chi connectivity index (χ2v) is 5.26. The number of morpholine rings is 1. The highest BCUT2D eigenvalue weighted by molar-refractivity contribution is 9.10. The number of amides is 1. The van der Waals surface area contributed by atoms with Crippen LogP contribution in [0.4, 0.5) is 0 Å². The van der Waals surface area contributed by atoms with E-state index in [4.69, 9.17) is 9.84 Å². The lowest BCUT2D eigenvalue weighted by atomic mass is 10.1. The molecule has 0 bridgehead atoms. The fourth-order valence-electron chi connectivity index (χ4n) is 1.91. The van der Waals surface area contributed by atoms with Gasteiger partial charge < -0.3 is 14.7 Å². The Hall–Kier alpha value is -1.40. The first kappa shape index (κ1) is 14.0. The summed E-state index contributed by atoms with van der Waals surface area (Å²) in [7, 11) is 0. The van der Waals surface area contributed by atoms with Crippen LogP contribution in [0.2, 0.25) is 0 Å². The van der Waals surface area contributed by atoms with Crippen LogP contribution in [-0.2, 0) is 20.7 Å². The number of carboxylic acid groups (broad SMARTS) is 1. The van der Waals surface area contributed by atoms with Crippen molar-refractivity contribution in [1.82, 2.24) is 4.90 Å². The molecule has 1 saturated heterocycles. The first-order chi connectivity index (χ1) is 9.06. The molecule has 2 rings (SSSR count). The summed E-state index contributed by atoms with van der Waals surface area (Å²) in [5.41, 5.74) is 0.909. The van der Waals surface area contributed by atoms with Crippen LogP contribution in [0.1, 0.15) is 5.56 Å². The molecule has 1 amide bonds. The largest absolute Gasteiger partial charge is 0.479 e. The van der Waals surface area contributed by atoms with Crippen molar-refractivity contribution in [2.45, 2.75) is 12.5 Å². The summed E-state index contributed by atoms with van der Waals surface area (Å²) in [6.45, 7) is 0.826. The van der Waals surface area contributed by atoms with Crippen LogP contribution in [0, 0.1) is 0 Å². The van der Waals surface area contributed by atoms with E-state index in [-0.39, 0.29) is 25.5 Å². The number of halogens is 1. The van der Waals surface area contributed by atoms with E-state index in [0.29, 0.717) is 6.54 Å². The lowest BCUT2D eigenvalue weighted by Crippen LogP contribution is -2.49. The maximum atomic E-state index is 12.1. The minimum Gasteiger partial charge on any atom is -0.479 e.